The van der Waals surface area contributed by atoms with Gasteiger partial charge in [-0.25, -0.2) is 0 Å². The molecule has 0 aromatic heterocycles. The fourth-order valence-corrected chi connectivity index (χ4v) is 3.21. The Morgan fingerprint density at radius 3 is 2.50 bits per heavy atom. The molecule has 2 aromatic rings. The second kappa shape index (κ2) is 9.36. The predicted octanol–water partition coefficient (Wildman–Crippen LogP) is 2.80. The monoisotopic (exact) mass is 402 g/mol. The van der Waals surface area contributed by atoms with Crippen molar-refractivity contribution < 1.29 is 23.8 Å². The number of fused-ring (bicyclic) bond motifs is 1. The highest BCUT2D eigenvalue weighted by atomic mass is 32.2. The van der Waals surface area contributed by atoms with Crippen molar-refractivity contribution in [3.8, 4) is 11.5 Å². The highest BCUT2D eigenvalue weighted by Crippen LogP contribution is 2.34. The van der Waals surface area contributed by atoms with Gasteiger partial charge in [0, 0.05) is 30.4 Å². The van der Waals surface area contributed by atoms with E-state index in [2.05, 4.69) is 5.32 Å². The van der Waals surface area contributed by atoms with Crippen LogP contribution in [-0.2, 0) is 14.3 Å². The maximum Gasteiger partial charge on any atom is 0.316 e. The first-order valence-corrected chi connectivity index (χ1v) is 9.75. The van der Waals surface area contributed by atoms with Crippen LogP contribution in [0.3, 0.4) is 0 Å². The van der Waals surface area contributed by atoms with Gasteiger partial charge in [0.1, 0.15) is 13.2 Å². The Morgan fingerprint density at radius 1 is 1.07 bits per heavy atom. The van der Waals surface area contributed by atoms with Gasteiger partial charge >= 0.3 is 5.97 Å². The third kappa shape index (κ3) is 5.56. The summed E-state index contributed by atoms with van der Waals surface area (Å²) in [5.74, 6) is 0.635. The topological polar surface area (TPSA) is 77.1 Å². The minimum absolute atomic E-state index is 0.102. The van der Waals surface area contributed by atoms with Crippen molar-refractivity contribution in [3.05, 3.63) is 42.5 Å². The van der Waals surface area contributed by atoms with Crippen LogP contribution in [0.1, 0.15) is 0 Å². The first kappa shape index (κ1) is 19.9. The van der Waals surface area contributed by atoms with Gasteiger partial charge in [0.2, 0.25) is 0 Å². The number of ether oxygens (including phenoxy) is 3. The lowest BCUT2D eigenvalue weighted by Crippen LogP contribution is -2.21. The number of anilines is 2. The number of esters is 1. The Balaban J connectivity index is 1.40. The van der Waals surface area contributed by atoms with Crippen LogP contribution in [0.5, 0.6) is 11.5 Å². The summed E-state index contributed by atoms with van der Waals surface area (Å²) in [6.07, 6.45) is 0. The molecule has 1 aliphatic heterocycles. The average molecular weight is 402 g/mol. The number of nitrogens with one attached hydrogen (secondary N) is 1. The van der Waals surface area contributed by atoms with E-state index < -0.39 is 5.97 Å². The van der Waals surface area contributed by atoms with Crippen LogP contribution < -0.4 is 19.7 Å². The molecule has 2 aromatic carbocycles. The van der Waals surface area contributed by atoms with Crippen molar-refractivity contribution in [2.24, 2.45) is 0 Å². The fraction of sp³-hybridized carbons (Fsp3) is 0.300. The molecule has 0 fully saturated rings. The molecule has 0 bridgehead atoms. The van der Waals surface area contributed by atoms with Crippen LogP contribution in [0.25, 0.3) is 0 Å². The van der Waals surface area contributed by atoms with Crippen LogP contribution in [0.2, 0.25) is 0 Å². The lowest BCUT2D eigenvalue weighted by atomic mass is 10.2. The molecule has 0 unspecified atom stereocenters. The third-order valence-electron chi connectivity index (χ3n) is 3.90. The van der Waals surface area contributed by atoms with Crippen LogP contribution >= 0.6 is 11.8 Å². The lowest BCUT2D eigenvalue weighted by Gasteiger charge is -2.18. The molecule has 0 saturated carbocycles. The number of hydrogen-bond acceptors (Lipinski definition) is 7. The standard InChI is InChI=1S/C20H22N2O5S/c1-22(2)15-5-3-14(4-6-15)21-19(23)12-27-20(24)13-28-16-7-8-17-18(11-16)26-10-9-25-17/h3-8,11H,9-10,12-13H2,1-2H3,(H,21,23). The molecule has 0 saturated heterocycles. The second-order valence-corrected chi connectivity index (χ2v) is 7.29. The van der Waals surface area contributed by atoms with E-state index in [9.17, 15) is 9.59 Å². The predicted molar refractivity (Wildman–Crippen MR) is 109 cm³/mol. The number of benzene rings is 2. The zero-order valence-electron chi connectivity index (χ0n) is 15.8. The van der Waals surface area contributed by atoms with Gasteiger partial charge in [-0.15, -0.1) is 11.8 Å². The Hall–Kier alpha value is -2.87. The number of carbonyl (C=O) groups is 2. The molecule has 0 atom stereocenters. The normalized spacial score (nSPS) is 12.2. The van der Waals surface area contributed by atoms with Crippen LogP contribution in [0.4, 0.5) is 11.4 Å². The average Bonchev–Trinajstić information content (AvgIpc) is 2.71. The Kier molecular flexibility index (Phi) is 6.65. The minimum Gasteiger partial charge on any atom is -0.486 e. The molecule has 0 spiro atoms. The van der Waals surface area contributed by atoms with Gasteiger partial charge in [0.25, 0.3) is 5.91 Å². The van der Waals surface area contributed by atoms with Gasteiger partial charge in [0.05, 0.1) is 5.75 Å². The molecule has 8 heteroatoms. The summed E-state index contributed by atoms with van der Waals surface area (Å²) in [7, 11) is 3.88. The van der Waals surface area contributed by atoms with E-state index in [1.807, 2.05) is 49.3 Å². The summed E-state index contributed by atoms with van der Waals surface area (Å²) in [5, 5.41) is 2.70. The van der Waals surface area contributed by atoms with Crippen LogP contribution in [0.15, 0.2) is 47.4 Å². The molecular weight excluding hydrogens is 380 g/mol. The highest BCUT2D eigenvalue weighted by molar-refractivity contribution is 8.00. The van der Waals surface area contributed by atoms with Crippen molar-refractivity contribution in [1.82, 2.24) is 0 Å². The number of nitrogens with zero attached hydrogens (tertiary/aromatic N) is 1. The van der Waals surface area contributed by atoms with E-state index >= 15 is 0 Å². The molecule has 0 radical (unpaired) electrons. The second-order valence-electron chi connectivity index (χ2n) is 6.24. The Labute approximate surface area is 167 Å². The van der Waals surface area contributed by atoms with E-state index in [4.69, 9.17) is 14.2 Å². The summed E-state index contributed by atoms with van der Waals surface area (Å²) in [6.45, 7) is 0.722. The summed E-state index contributed by atoms with van der Waals surface area (Å²) in [4.78, 5) is 26.7. The summed E-state index contributed by atoms with van der Waals surface area (Å²) >= 11 is 1.31. The molecule has 3 rings (SSSR count). The quantitative estimate of drug-likeness (QED) is 0.564. The summed E-state index contributed by atoms with van der Waals surface area (Å²) in [5.41, 5.74) is 1.68. The van der Waals surface area contributed by atoms with Crippen molar-refractivity contribution in [3.63, 3.8) is 0 Å². The maximum absolute atomic E-state index is 11.9. The maximum atomic E-state index is 11.9. The summed E-state index contributed by atoms with van der Waals surface area (Å²) < 4.78 is 16.0. The zero-order chi connectivity index (χ0) is 19.9. The zero-order valence-corrected chi connectivity index (χ0v) is 16.6. The molecule has 1 heterocycles. The first-order valence-electron chi connectivity index (χ1n) is 8.76. The third-order valence-corrected chi connectivity index (χ3v) is 4.87. The highest BCUT2D eigenvalue weighted by Gasteiger charge is 2.13. The Morgan fingerprint density at radius 2 is 1.79 bits per heavy atom. The van der Waals surface area contributed by atoms with E-state index in [0.29, 0.717) is 30.4 Å². The molecule has 7 nitrogen and oxygen atoms in total. The number of carbonyl (C=O) groups excluding carboxylic acids is 2. The summed E-state index contributed by atoms with van der Waals surface area (Å²) in [6, 6.07) is 12.9. The minimum atomic E-state index is -0.460. The van der Waals surface area contributed by atoms with Crippen molar-refractivity contribution in [1.29, 1.82) is 0 Å². The number of thioether (sulfide) groups is 1. The van der Waals surface area contributed by atoms with E-state index in [0.717, 1.165) is 10.6 Å². The molecule has 148 valence electrons. The molecule has 1 aliphatic rings. The lowest BCUT2D eigenvalue weighted by molar-refractivity contribution is -0.144. The van der Waals surface area contributed by atoms with Crippen molar-refractivity contribution >= 4 is 35.0 Å². The smallest absolute Gasteiger partial charge is 0.316 e. The van der Waals surface area contributed by atoms with Crippen molar-refractivity contribution in [2.45, 2.75) is 4.90 Å². The van der Waals surface area contributed by atoms with Gasteiger partial charge in [-0.1, -0.05) is 0 Å². The van der Waals surface area contributed by atoms with Crippen molar-refractivity contribution in [2.75, 3.05) is 49.9 Å². The van der Waals surface area contributed by atoms with Gasteiger partial charge in [-0.2, -0.15) is 0 Å². The molecule has 1 amide bonds. The fourth-order valence-electron chi connectivity index (χ4n) is 2.48. The number of rotatable bonds is 7. The number of hydrogen-bond donors (Lipinski definition) is 1. The van der Waals surface area contributed by atoms with Crippen LogP contribution in [0, 0.1) is 0 Å². The van der Waals surface area contributed by atoms with Gasteiger partial charge in [0.15, 0.2) is 18.1 Å². The van der Waals surface area contributed by atoms with E-state index in [1.165, 1.54) is 11.8 Å². The first-order chi connectivity index (χ1) is 13.5. The van der Waals surface area contributed by atoms with E-state index in [-0.39, 0.29) is 18.3 Å². The van der Waals surface area contributed by atoms with Gasteiger partial charge in [-0.05, 0) is 42.5 Å². The van der Waals surface area contributed by atoms with Crippen LogP contribution in [-0.4, -0.2) is 51.5 Å². The SMILES string of the molecule is CN(C)c1ccc(NC(=O)COC(=O)CSc2ccc3c(c2)OCCO3)cc1. The molecular formula is C20H22N2O5S. The van der Waals surface area contributed by atoms with E-state index in [1.54, 1.807) is 12.1 Å². The molecule has 1 N–H and O–H groups in total. The van der Waals surface area contributed by atoms with Gasteiger partial charge < -0.3 is 24.4 Å². The number of amides is 1. The molecule has 28 heavy (non-hydrogen) atoms. The molecule has 0 aliphatic carbocycles. The largest absolute Gasteiger partial charge is 0.486 e. The van der Waals surface area contributed by atoms with Gasteiger partial charge in [-0.3, -0.25) is 9.59 Å². The Bertz CT molecular complexity index is 839.